The van der Waals surface area contributed by atoms with Crippen LogP contribution in [-0.2, 0) is 10.0 Å². The van der Waals surface area contributed by atoms with Gasteiger partial charge < -0.3 is 5.32 Å². The molecule has 0 aliphatic carbocycles. The molecule has 0 aliphatic rings. The number of rotatable bonds is 5. The van der Waals surface area contributed by atoms with E-state index in [1.807, 2.05) is 31.2 Å². The van der Waals surface area contributed by atoms with Gasteiger partial charge in [0, 0.05) is 16.7 Å². The highest BCUT2D eigenvalue weighted by atomic mass is 79.9. The van der Waals surface area contributed by atoms with Crippen molar-refractivity contribution in [3.63, 3.8) is 0 Å². The van der Waals surface area contributed by atoms with Crippen molar-refractivity contribution in [2.45, 2.75) is 17.9 Å². The van der Waals surface area contributed by atoms with E-state index in [0.29, 0.717) is 5.82 Å². The van der Waals surface area contributed by atoms with Crippen LogP contribution in [0.25, 0.3) is 0 Å². The van der Waals surface area contributed by atoms with Gasteiger partial charge in [-0.05, 0) is 43.8 Å². The predicted molar refractivity (Wildman–Crippen MR) is 86.7 cm³/mol. The third-order valence-corrected chi connectivity index (χ3v) is 4.98. The third kappa shape index (κ3) is 4.03. The predicted octanol–water partition coefficient (Wildman–Crippen LogP) is 2.93. The monoisotopic (exact) mass is 369 g/mol. The topological polar surface area (TPSA) is 71.1 Å². The molecule has 1 aromatic carbocycles. The molecule has 2 N–H and O–H groups in total. The number of hydrogen-bond acceptors (Lipinski definition) is 4. The van der Waals surface area contributed by atoms with Gasteiger partial charge in [-0.2, -0.15) is 0 Å². The van der Waals surface area contributed by atoms with Crippen molar-refractivity contribution >= 4 is 31.8 Å². The molecule has 1 unspecified atom stereocenters. The zero-order chi connectivity index (χ0) is 15.5. The summed E-state index contributed by atoms with van der Waals surface area (Å²) in [5.74, 6) is 0.625. The second-order valence-electron chi connectivity index (χ2n) is 4.50. The standard InChI is InChI=1S/C14H16BrN3O2S/c1-10(11-3-5-12(15)6-4-11)18-14-8-7-13(9-17-14)21(19,20)16-2/h3-10,16H,1-2H3,(H,17,18). The van der Waals surface area contributed by atoms with Gasteiger partial charge in [0.2, 0.25) is 10.0 Å². The molecule has 21 heavy (non-hydrogen) atoms. The van der Waals surface area contributed by atoms with E-state index in [2.05, 4.69) is 31.0 Å². The van der Waals surface area contributed by atoms with Crippen molar-refractivity contribution in [2.24, 2.45) is 0 Å². The second-order valence-corrected chi connectivity index (χ2v) is 7.31. The van der Waals surface area contributed by atoms with Gasteiger partial charge in [-0.15, -0.1) is 0 Å². The highest BCUT2D eigenvalue weighted by Gasteiger charge is 2.12. The largest absolute Gasteiger partial charge is 0.364 e. The Bertz CT molecular complexity index is 700. The summed E-state index contributed by atoms with van der Waals surface area (Å²) in [5, 5.41) is 3.23. The van der Waals surface area contributed by atoms with Gasteiger partial charge in [-0.1, -0.05) is 28.1 Å². The Morgan fingerprint density at radius 2 is 1.81 bits per heavy atom. The average Bonchev–Trinajstić information content (AvgIpc) is 2.48. The molecule has 2 rings (SSSR count). The van der Waals surface area contributed by atoms with Crippen LogP contribution in [-0.4, -0.2) is 20.4 Å². The Balaban J connectivity index is 2.11. The van der Waals surface area contributed by atoms with Crippen molar-refractivity contribution in [1.29, 1.82) is 0 Å². The Kier molecular flexibility index (Phi) is 4.97. The molecule has 0 radical (unpaired) electrons. The zero-order valence-electron chi connectivity index (χ0n) is 11.7. The van der Waals surface area contributed by atoms with Crippen molar-refractivity contribution in [1.82, 2.24) is 9.71 Å². The van der Waals surface area contributed by atoms with E-state index in [1.54, 1.807) is 6.07 Å². The quantitative estimate of drug-likeness (QED) is 0.849. The lowest BCUT2D eigenvalue weighted by molar-refractivity contribution is 0.588. The van der Waals surface area contributed by atoms with Crippen molar-refractivity contribution in [3.8, 4) is 0 Å². The molecule has 0 saturated carbocycles. The van der Waals surface area contributed by atoms with E-state index in [1.165, 1.54) is 19.3 Å². The van der Waals surface area contributed by atoms with Crippen LogP contribution in [0.2, 0.25) is 0 Å². The van der Waals surface area contributed by atoms with E-state index < -0.39 is 10.0 Å². The molecule has 1 atom stereocenters. The molecule has 0 bridgehead atoms. The van der Waals surface area contributed by atoms with E-state index in [0.717, 1.165) is 10.0 Å². The lowest BCUT2D eigenvalue weighted by Crippen LogP contribution is -2.18. The minimum absolute atomic E-state index is 0.0670. The number of pyridine rings is 1. The van der Waals surface area contributed by atoms with Crippen LogP contribution < -0.4 is 10.0 Å². The van der Waals surface area contributed by atoms with Crippen LogP contribution in [0.15, 0.2) is 52.0 Å². The van der Waals surface area contributed by atoms with Crippen molar-refractivity contribution in [3.05, 3.63) is 52.6 Å². The van der Waals surface area contributed by atoms with Gasteiger partial charge in [0.1, 0.15) is 10.7 Å². The smallest absolute Gasteiger partial charge is 0.241 e. The molecule has 1 heterocycles. The summed E-state index contributed by atoms with van der Waals surface area (Å²) in [4.78, 5) is 4.28. The summed E-state index contributed by atoms with van der Waals surface area (Å²) in [6.07, 6.45) is 1.34. The van der Waals surface area contributed by atoms with Gasteiger partial charge in [-0.3, -0.25) is 0 Å². The van der Waals surface area contributed by atoms with Gasteiger partial charge in [0.05, 0.1) is 0 Å². The van der Waals surface area contributed by atoms with Crippen LogP contribution in [0.4, 0.5) is 5.82 Å². The molecule has 7 heteroatoms. The number of nitrogens with one attached hydrogen (secondary N) is 2. The minimum Gasteiger partial charge on any atom is -0.364 e. The lowest BCUT2D eigenvalue weighted by atomic mass is 10.1. The van der Waals surface area contributed by atoms with E-state index in [-0.39, 0.29) is 10.9 Å². The Morgan fingerprint density at radius 1 is 1.14 bits per heavy atom. The minimum atomic E-state index is -3.45. The summed E-state index contributed by atoms with van der Waals surface area (Å²) in [6.45, 7) is 2.02. The molecular weight excluding hydrogens is 354 g/mol. The number of nitrogens with zero attached hydrogens (tertiary/aromatic N) is 1. The molecular formula is C14H16BrN3O2S. The lowest BCUT2D eigenvalue weighted by Gasteiger charge is -2.15. The fourth-order valence-corrected chi connectivity index (χ4v) is 2.74. The van der Waals surface area contributed by atoms with E-state index >= 15 is 0 Å². The summed E-state index contributed by atoms with van der Waals surface area (Å²) in [6, 6.07) is 11.2. The van der Waals surface area contributed by atoms with Crippen LogP contribution in [0.5, 0.6) is 0 Å². The maximum absolute atomic E-state index is 11.6. The fourth-order valence-electron chi connectivity index (χ4n) is 1.80. The molecule has 0 amide bonds. The molecule has 0 saturated heterocycles. The van der Waals surface area contributed by atoms with Crippen LogP contribution in [0.3, 0.4) is 0 Å². The zero-order valence-corrected chi connectivity index (χ0v) is 14.1. The molecule has 0 aliphatic heterocycles. The number of aromatic nitrogens is 1. The van der Waals surface area contributed by atoms with Gasteiger partial charge in [0.25, 0.3) is 0 Å². The van der Waals surface area contributed by atoms with E-state index in [4.69, 9.17) is 0 Å². The SMILES string of the molecule is CNS(=O)(=O)c1ccc(NC(C)c2ccc(Br)cc2)nc1. The normalized spacial score (nSPS) is 12.9. The summed E-state index contributed by atoms with van der Waals surface area (Å²) < 4.78 is 26.5. The molecule has 2 aromatic rings. The molecule has 5 nitrogen and oxygen atoms in total. The van der Waals surface area contributed by atoms with Crippen molar-refractivity contribution < 1.29 is 8.42 Å². The Morgan fingerprint density at radius 3 is 2.33 bits per heavy atom. The first-order valence-electron chi connectivity index (χ1n) is 6.34. The number of sulfonamides is 1. The first-order valence-corrected chi connectivity index (χ1v) is 8.61. The first-order chi connectivity index (χ1) is 9.92. The van der Waals surface area contributed by atoms with Crippen LogP contribution in [0.1, 0.15) is 18.5 Å². The number of anilines is 1. The summed E-state index contributed by atoms with van der Waals surface area (Å²) in [7, 11) is -2.07. The van der Waals surface area contributed by atoms with E-state index in [9.17, 15) is 8.42 Å². The Hall–Kier alpha value is -1.44. The third-order valence-electron chi connectivity index (χ3n) is 3.05. The van der Waals surface area contributed by atoms with Gasteiger partial charge >= 0.3 is 0 Å². The second kappa shape index (κ2) is 6.55. The molecule has 0 spiro atoms. The average molecular weight is 370 g/mol. The highest BCUT2D eigenvalue weighted by Crippen LogP contribution is 2.20. The molecule has 0 fully saturated rings. The van der Waals surface area contributed by atoms with Crippen molar-refractivity contribution in [2.75, 3.05) is 12.4 Å². The molecule has 112 valence electrons. The van der Waals surface area contributed by atoms with Crippen LogP contribution >= 0.6 is 15.9 Å². The number of halogens is 1. The maximum atomic E-state index is 11.6. The highest BCUT2D eigenvalue weighted by molar-refractivity contribution is 9.10. The summed E-state index contributed by atoms with van der Waals surface area (Å²) in [5.41, 5.74) is 1.12. The van der Waals surface area contributed by atoms with Crippen LogP contribution in [0, 0.1) is 0 Å². The maximum Gasteiger partial charge on any atom is 0.241 e. The molecule has 1 aromatic heterocycles. The summed E-state index contributed by atoms with van der Waals surface area (Å²) >= 11 is 3.40. The Labute approximate surface area is 133 Å². The van der Waals surface area contributed by atoms with Gasteiger partial charge in [-0.25, -0.2) is 18.1 Å². The number of hydrogen-bond donors (Lipinski definition) is 2. The first kappa shape index (κ1) is 15.9. The van der Waals surface area contributed by atoms with Gasteiger partial charge in [0.15, 0.2) is 0 Å². The number of benzene rings is 1. The fraction of sp³-hybridized carbons (Fsp3) is 0.214.